The first-order chi connectivity index (χ1) is 11.5. The molecular formula is C16H18F3N5. The van der Waals surface area contributed by atoms with E-state index >= 15 is 0 Å². The molecule has 1 saturated heterocycles. The van der Waals surface area contributed by atoms with Crippen molar-refractivity contribution in [2.75, 3.05) is 23.3 Å². The molecule has 0 radical (unpaired) electrons. The fraction of sp³-hybridized carbons (Fsp3) is 0.438. The number of halogens is 3. The largest absolute Gasteiger partial charge is 0.416 e. The Labute approximate surface area is 137 Å². The van der Waals surface area contributed by atoms with Crippen molar-refractivity contribution in [1.29, 1.82) is 0 Å². The first kappa shape index (κ1) is 16.5. The maximum absolute atomic E-state index is 12.8. The lowest BCUT2D eigenvalue weighted by molar-refractivity contribution is -0.137. The monoisotopic (exact) mass is 337 g/mol. The van der Waals surface area contributed by atoms with Crippen LogP contribution in [0.2, 0.25) is 0 Å². The van der Waals surface area contributed by atoms with E-state index in [1.165, 1.54) is 25.0 Å². The molecule has 0 saturated carbocycles. The van der Waals surface area contributed by atoms with Gasteiger partial charge < -0.3 is 10.2 Å². The molecule has 24 heavy (non-hydrogen) atoms. The van der Waals surface area contributed by atoms with Gasteiger partial charge in [0.25, 0.3) is 0 Å². The molecular weight excluding hydrogens is 319 g/mol. The first-order valence-corrected chi connectivity index (χ1v) is 7.91. The Morgan fingerprint density at radius 1 is 1.04 bits per heavy atom. The Morgan fingerprint density at radius 2 is 1.79 bits per heavy atom. The number of rotatable bonds is 3. The molecule has 1 aromatic carbocycles. The van der Waals surface area contributed by atoms with E-state index in [2.05, 4.69) is 25.4 Å². The van der Waals surface area contributed by atoms with Crippen LogP contribution in [0.4, 0.5) is 30.6 Å². The summed E-state index contributed by atoms with van der Waals surface area (Å²) in [5.41, 5.74) is -0.441. The summed E-state index contributed by atoms with van der Waals surface area (Å²) in [6, 6.07) is 4.94. The van der Waals surface area contributed by atoms with Crippen molar-refractivity contribution in [3.8, 4) is 0 Å². The van der Waals surface area contributed by atoms with Crippen LogP contribution < -0.4 is 10.2 Å². The third kappa shape index (κ3) is 4.12. The van der Waals surface area contributed by atoms with Gasteiger partial charge in [-0.05, 0) is 31.0 Å². The third-order valence-electron chi connectivity index (χ3n) is 3.92. The number of nitrogens with one attached hydrogen (secondary N) is 1. The van der Waals surface area contributed by atoms with Gasteiger partial charge in [-0.15, -0.1) is 5.10 Å². The molecule has 0 spiro atoms. The summed E-state index contributed by atoms with van der Waals surface area (Å²) in [5.74, 6) is 0.887. The summed E-state index contributed by atoms with van der Waals surface area (Å²) in [7, 11) is 0. The van der Waals surface area contributed by atoms with Gasteiger partial charge in [0.1, 0.15) is 0 Å². The van der Waals surface area contributed by atoms with Crippen molar-refractivity contribution in [2.24, 2.45) is 0 Å². The van der Waals surface area contributed by atoms with E-state index in [-0.39, 0.29) is 11.6 Å². The quantitative estimate of drug-likeness (QED) is 0.917. The topological polar surface area (TPSA) is 53.9 Å². The summed E-state index contributed by atoms with van der Waals surface area (Å²) in [6.45, 7) is 1.81. The number of aromatic nitrogens is 3. The van der Waals surface area contributed by atoms with Crippen molar-refractivity contribution < 1.29 is 13.2 Å². The first-order valence-electron chi connectivity index (χ1n) is 7.91. The molecule has 1 aromatic heterocycles. The Bertz CT molecular complexity index is 681. The third-order valence-corrected chi connectivity index (χ3v) is 3.92. The Morgan fingerprint density at radius 3 is 2.50 bits per heavy atom. The number of benzene rings is 1. The molecule has 5 nitrogen and oxygen atoms in total. The van der Waals surface area contributed by atoms with E-state index in [1.54, 1.807) is 6.20 Å². The van der Waals surface area contributed by atoms with Gasteiger partial charge in [-0.2, -0.15) is 23.3 Å². The lowest BCUT2D eigenvalue weighted by Gasteiger charge is -2.21. The van der Waals surface area contributed by atoms with Crippen molar-refractivity contribution >= 4 is 17.5 Å². The van der Waals surface area contributed by atoms with E-state index in [1.807, 2.05) is 0 Å². The molecule has 128 valence electrons. The highest BCUT2D eigenvalue weighted by Gasteiger charge is 2.30. The van der Waals surface area contributed by atoms with Gasteiger partial charge in [0, 0.05) is 18.8 Å². The average molecular weight is 337 g/mol. The normalized spacial score (nSPS) is 15.9. The van der Waals surface area contributed by atoms with Crippen LogP contribution in [0.3, 0.4) is 0 Å². The van der Waals surface area contributed by atoms with Crippen LogP contribution in [0, 0.1) is 0 Å². The summed E-state index contributed by atoms with van der Waals surface area (Å²) in [4.78, 5) is 6.52. The predicted molar refractivity (Wildman–Crippen MR) is 85.2 cm³/mol. The number of hydrogen-bond donors (Lipinski definition) is 1. The zero-order valence-corrected chi connectivity index (χ0v) is 13.1. The zero-order chi connectivity index (χ0) is 17.0. The predicted octanol–water partition coefficient (Wildman–Crippen LogP) is 4.01. The van der Waals surface area contributed by atoms with Crippen LogP contribution >= 0.6 is 0 Å². The number of nitrogens with zero attached hydrogens (tertiary/aromatic N) is 4. The fourth-order valence-electron chi connectivity index (χ4n) is 2.70. The number of alkyl halides is 3. The SMILES string of the molecule is FC(F)(F)c1cccc(Nc2nncc(N3CCCCCC3)n2)c1. The molecule has 1 fully saturated rings. The van der Waals surface area contributed by atoms with Gasteiger partial charge in [0.15, 0.2) is 5.82 Å². The molecule has 1 aliphatic rings. The second-order valence-corrected chi connectivity index (χ2v) is 5.74. The lowest BCUT2D eigenvalue weighted by Crippen LogP contribution is -2.25. The van der Waals surface area contributed by atoms with E-state index in [0.29, 0.717) is 5.82 Å². The molecule has 1 aliphatic heterocycles. The molecule has 0 bridgehead atoms. The summed E-state index contributed by atoms with van der Waals surface area (Å²) in [5, 5.41) is 10.6. The zero-order valence-electron chi connectivity index (χ0n) is 13.1. The second-order valence-electron chi connectivity index (χ2n) is 5.74. The molecule has 0 aliphatic carbocycles. The minimum absolute atomic E-state index is 0.191. The van der Waals surface area contributed by atoms with Crippen molar-refractivity contribution in [2.45, 2.75) is 31.9 Å². The minimum atomic E-state index is -4.38. The number of anilines is 3. The Kier molecular flexibility index (Phi) is 4.82. The van der Waals surface area contributed by atoms with Crippen molar-refractivity contribution in [3.63, 3.8) is 0 Å². The highest BCUT2D eigenvalue weighted by molar-refractivity contribution is 5.55. The van der Waals surface area contributed by atoms with Gasteiger partial charge in [-0.25, -0.2) is 0 Å². The molecule has 2 heterocycles. The van der Waals surface area contributed by atoms with Crippen LogP contribution in [-0.2, 0) is 6.18 Å². The van der Waals surface area contributed by atoms with E-state index in [4.69, 9.17) is 0 Å². The summed E-state index contributed by atoms with van der Waals surface area (Å²) in [6.07, 6.45) is 1.79. The van der Waals surface area contributed by atoms with Crippen molar-refractivity contribution in [3.05, 3.63) is 36.0 Å². The van der Waals surface area contributed by atoms with Crippen LogP contribution in [0.25, 0.3) is 0 Å². The second kappa shape index (κ2) is 7.02. The van der Waals surface area contributed by atoms with Gasteiger partial charge in [-0.1, -0.05) is 18.9 Å². The summed E-state index contributed by atoms with van der Waals surface area (Å²) < 4.78 is 38.3. The molecule has 3 rings (SSSR count). The molecule has 2 aromatic rings. The van der Waals surface area contributed by atoms with Gasteiger partial charge in [0.2, 0.25) is 5.95 Å². The van der Waals surface area contributed by atoms with E-state index in [0.717, 1.165) is 38.1 Å². The molecule has 8 heteroatoms. The standard InChI is InChI=1S/C16H18F3N5/c17-16(18,19)12-6-5-7-13(10-12)21-15-22-14(11-20-23-15)24-8-3-1-2-4-9-24/h5-7,10-11H,1-4,8-9H2,(H,21,22,23). The molecule has 0 atom stereocenters. The maximum atomic E-state index is 12.8. The van der Waals surface area contributed by atoms with Crippen LogP contribution in [-0.4, -0.2) is 28.3 Å². The molecule has 0 unspecified atom stereocenters. The average Bonchev–Trinajstić information content (AvgIpc) is 2.84. The highest BCUT2D eigenvalue weighted by Crippen LogP contribution is 2.31. The van der Waals surface area contributed by atoms with Gasteiger partial charge in [-0.3, -0.25) is 0 Å². The van der Waals surface area contributed by atoms with Crippen LogP contribution in [0.1, 0.15) is 31.2 Å². The maximum Gasteiger partial charge on any atom is 0.416 e. The van der Waals surface area contributed by atoms with E-state index < -0.39 is 11.7 Å². The lowest BCUT2D eigenvalue weighted by atomic mass is 10.2. The smallest absolute Gasteiger partial charge is 0.355 e. The Balaban J connectivity index is 1.77. The number of hydrogen-bond acceptors (Lipinski definition) is 5. The van der Waals surface area contributed by atoms with E-state index in [9.17, 15) is 13.2 Å². The fourth-order valence-corrected chi connectivity index (χ4v) is 2.70. The van der Waals surface area contributed by atoms with Crippen molar-refractivity contribution in [1.82, 2.24) is 15.2 Å². The minimum Gasteiger partial charge on any atom is -0.355 e. The highest BCUT2D eigenvalue weighted by atomic mass is 19.4. The van der Waals surface area contributed by atoms with Gasteiger partial charge in [0.05, 0.1) is 11.8 Å². The Hall–Kier alpha value is -2.38. The summed E-state index contributed by atoms with van der Waals surface area (Å²) >= 11 is 0. The van der Waals surface area contributed by atoms with Crippen LogP contribution in [0.15, 0.2) is 30.5 Å². The molecule has 1 N–H and O–H groups in total. The molecule has 0 amide bonds. The van der Waals surface area contributed by atoms with Crippen LogP contribution in [0.5, 0.6) is 0 Å². The van der Waals surface area contributed by atoms with Gasteiger partial charge >= 0.3 is 6.18 Å².